The fourth-order valence-electron chi connectivity index (χ4n) is 3.00. The molecule has 2 aromatic rings. The molecule has 0 bridgehead atoms. The average molecular weight is 325 g/mol. The summed E-state index contributed by atoms with van der Waals surface area (Å²) in [6, 6.07) is 19.6. The van der Waals surface area contributed by atoms with E-state index in [9.17, 15) is 0 Å². The first kappa shape index (κ1) is 18.7. The Morgan fingerprint density at radius 1 is 0.750 bits per heavy atom. The lowest BCUT2D eigenvalue weighted by Crippen LogP contribution is -2.32. The highest BCUT2D eigenvalue weighted by Gasteiger charge is 2.10. The summed E-state index contributed by atoms with van der Waals surface area (Å²) in [5, 5.41) is 0. The highest BCUT2D eigenvalue weighted by atomic mass is 15.2. The van der Waals surface area contributed by atoms with E-state index < -0.39 is 0 Å². The van der Waals surface area contributed by atoms with Gasteiger partial charge in [0.15, 0.2) is 0 Å². The molecule has 0 aromatic heterocycles. The number of hydrogen-bond donors (Lipinski definition) is 0. The van der Waals surface area contributed by atoms with Gasteiger partial charge in [0.25, 0.3) is 0 Å². The number of hydrogen-bond acceptors (Lipinski definition) is 2. The van der Waals surface area contributed by atoms with Crippen LogP contribution in [0.25, 0.3) is 11.1 Å². The van der Waals surface area contributed by atoms with E-state index in [1.165, 1.54) is 42.5 Å². The van der Waals surface area contributed by atoms with Crippen molar-refractivity contribution in [1.82, 2.24) is 9.80 Å². The summed E-state index contributed by atoms with van der Waals surface area (Å²) >= 11 is 0. The topological polar surface area (TPSA) is 6.48 Å². The molecule has 2 aromatic carbocycles. The predicted molar refractivity (Wildman–Crippen MR) is 105 cm³/mol. The molecule has 2 heteroatoms. The van der Waals surface area contributed by atoms with Crippen LogP contribution in [0.3, 0.4) is 0 Å². The maximum absolute atomic E-state index is 2.61. The molecule has 0 N–H and O–H groups in total. The molecule has 0 spiro atoms. The van der Waals surface area contributed by atoms with E-state index in [2.05, 4.69) is 85.4 Å². The maximum atomic E-state index is 2.61. The van der Waals surface area contributed by atoms with Gasteiger partial charge in [0, 0.05) is 19.6 Å². The van der Waals surface area contributed by atoms with Crippen molar-refractivity contribution in [3.63, 3.8) is 0 Å². The molecule has 0 atom stereocenters. The maximum Gasteiger partial charge on any atom is 0.0240 e. The highest BCUT2D eigenvalue weighted by Crippen LogP contribution is 2.24. The molecule has 0 radical (unpaired) electrons. The first-order valence-corrected chi connectivity index (χ1v) is 9.21. The Morgan fingerprint density at radius 3 is 2.17 bits per heavy atom. The molecule has 0 aliphatic rings. The average Bonchev–Trinajstić information content (AvgIpc) is 2.61. The second-order valence-corrected chi connectivity index (χ2v) is 6.81. The monoisotopic (exact) mass is 324 g/mol. The summed E-state index contributed by atoms with van der Waals surface area (Å²) in [5.74, 6) is 0. The van der Waals surface area contributed by atoms with E-state index in [0.29, 0.717) is 0 Å². The van der Waals surface area contributed by atoms with Crippen molar-refractivity contribution in [3.8, 4) is 11.1 Å². The van der Waals surface area contributed by atoms with Crippen LogP contribution in [-0.2, 0) is 6.54 Å². The Balaban J connectivity index is 2.12. The Morgan fingerprint density at radius 2 is 1.46 bits per heavy atom. The Kier molecular flexibility index (Phi) is 8.00. The van der Waals surface area contributed by atoms with Crippen LogP contribution in [0.5, 0.6) is 0 Å². The summed E-state index contributed by atoms with van der Waals surface area (Å²) < 4.78 is 0. The molecular formula is C22H32N2. The van der Waals surface area contributed by atoms with Gasteiger partial charge in [0.2, 0.25) is 0 Å². The lowest BCUT2D eigenvalue weighted by atomic mass is 9.99. The van der Waals surface area contributed by atoms with Crippen LogP contribution in [0.15, 0.2) is 54.6 Å². The van der Waals surface area contributed by atoms with Gasteiger partial charge in [-0.05, 0) is 43.8 Å². The van der Waals surface area contributed by atoms with E-state index in [1.807, 2.05) is 0 Å². The van der Waals surface area contributed by atoms with E-state index in [0.717, 1.165) is 19.6 Å². The standard InChI is InChI=1S/C22H32N2/c1-4-5-11-16-24(18-17-23(2)3)19-21-14-9-10-15-22(21)20-12-7-6-8-13-20/h6-10,12-15H,4-5,11,16-19H2,1-3H3. The van der Waals surface area contributed by atoms with E-state index in [1.54, 1.807) is 0 Å². The first-order valence-electron chi connectivity index (χ1n) is 9.21. The molecule has 130 valence electrons. The summed E-state index contributed by atoms with van der Waals surface area (Å²) in [6.45, 7) is 6.72. The van der Waals surface area contributed by atoms with Gasteiger partial charge < -0.3 is 4.90 Å². The number of unbranched alkanes of at least 4 members (excludes halogenated alkanes) is 2. The van der Waals surface area contributed by atoms with Crippen LogP contribution in [0, 0.1) is 0 Å². The van der Waals surface area contributed by atoms with Crippen LogP contribution in [-0.4, -0.2) is 43.5 Å². The van der Waals surface area contributed by atoms with Crippen molar-refractivity contribution < 1.29 is 0 Å². The van der Waals surface area contributed by atoms with Crippen molar-refractivity contribution in [2.75, 3.05) is 33.7 Å². The van der Waals surface area contributed by atoms with E-state index in [4.69, 9.17) is 0 Å². The molecular weight excluding hydrogens is 292 g/mol. The quantitative estimate of drug-likeness (QED) is 0.573. The minimum absolute atomic E-state index is 1.03. The normalized spacial score (nSPS) is 11.4. The molecule has 24 heavy (non-hydrogen) atoms. The Hall–Kier alpha value is -1.64. The SMILES string of the molecule is CCCCCN(CCN(C)C)Cc1ccccc1-c1ccccc1. The van der Waals surface area contributed by atoms with E-state index in [-0.39, 0.29) is 0 Å². The summed E-state index contributed by atoms with van der Waals surface area (Å²) in [7, 11) is 4.31. The van der Waals surface area contributed by atoms with Gasteiger partial charge >= 0.3 is 0 Å². The Labute approximate surface area is 148 Å². The van der Waals surface area contributed by atoms with Crippen LogP contribution in [0.4, 0.5) is 0 Å². The van der Waals surface area contributed by atoms with Gasteiger partial charge in [0.05, 0.1) is 0 Å². The lowest BCUT2D eigenvalue weighted by molar-refractivity contribution is 0.230. The fraction of sp³-hybridized carbons (Fsp3) is 0.455. The van der Waals surface area contributed by atoms with Gasteiger partial charge in [0.1, 0.15) is 0 Å². The van der Waals surface area contributed by atoms with Crippen molar-refractivity contribution in [2.45, 2.75) is 32.7 Å². The summed E-state index contributed by atoms with van der Waals surface area (Å²) in [5.41, 5.74) is 4.11. The molecule has 0 aliphatic heterocycles. The zero-order chi connectivity index (χ0) is 17.2. The van der Waals surface area contributed by atoms with Gasteiger partial charge in [-0.1, -0.05) is 74.4 Å². The van der Waals surface area contributed by atoms with Crippen LogP contribution in [0.1, 0.15) is 31.7 Å². The van der Waals surface area contributed by atoms with Gasteiger partial charge in [-0.25, -0.2) is 0 Å². The fourth-order valence-corrected chi connectivity index (χ4v) is 3.00. The van der Waals surface area contributed by atoms with Gasteiger partial charge in [-0.3, -0.25) is 4.90 Å². The predicted octanol–water partition coefficient (Wildman–Crippen LogP) is 4.91. The summed E-state index contributed by atoms with van der Waals surface area (Å²) in [4.78, 5) is 4.88. The first-order chi connectivity index (χ1) is 11.7. The molecule has 0 unspecified atom stereocenters. The van der Waals surface area contributed by atoms with Crippen molar-refractivity contribution in [1.29, 1.82) is 0 Å². The lowest BCUT2D eigenvalue weighted by Gasteiger charge is -2.25. The number of nitrogens with zero attached hydrogens (tertiary/aromatic N) is 2. The molecule has 2 rings (SSSR count). The second-order valence-electron chi connectivity index (χ2n) is 6.81. The minimum Gasteiger partial charge on any atom is -0.308 e. The number of rotatable bonds is 10. The van der Waals surface area contributed by atoms with Crippen molar-refractivity contribution in [2.24, 2.45) is 0 Å². The number of benzene rings is 2. The van der Waals surface area contributed by atoms with Crippen molar-refractivity contribution in [3.05, 3.63) is 60.2 Å². The molecule has 0 saturated heterocycles. The number of likely N-dealkylation sites (N-methyl/N-ethyl adjacent to an activating group) is 1. The zero-order valence-corrected chi connectivity index (χ0v) is 15.5. The van der Waals surface area contributed by atoms with Crippen LogP contribution >= 0.6 is 0 Å². The molecule has 0 fully saturated rings. The minimum atomic E-state index is 1.03. The smallest absolute Gasteiger partial charge is 0.0240 e. The molecule has 2 nitrogen and oxygen atoms in total. The Bertz CT molecular complexity index is 578. The summed E-state index contributed by atoms with van der Waals surface area (Å²) in [6.07, 6.45) is 3.89. The molecule has 0 heterocycles. The highest BCUT2D eigenvalue weighted by molar-refractivity contribution is 5.67. The van der Waals surface area contributed by atoms with Crippen LogP contribution < -0.4 is 0 Å². The molecule has 0 aliphatic carbocycles. The van der Waals surface area contributed by atoms with Crippen molar-refractivity contribution >= 4 is 0 Å². The second kappa shape index (κ2) is 10.3. The largest absolute Gasteiger partial charge is 0.308 e. The third-order valence-electron chi connectivity index (χ3n) is 4.44. The zero-order valence-electron chi connectivity index (χ0n) is 15.5. The molecule has 0 amide bonds. The van der Waals surface area contributed by atoms with Gasteiger partial charge in [-0.2, -0.15) is 0 Å². The third kappa shape index (κ3) is 6.10. The van der Waals surface area contributed by atoms with Gasteiger partial charge in [-0.15, -0.1) is 0 Å². The van der Waals surface area contributed by atoms with E-state index >= 15 is 0 Å². The molecule has 0 saturated carbocycles. The third-order valence-corrected chi connectivity index (χ3v) is 4.44. The van der Waals surface area contributed by atoms with Crippen LogP contribution in [0.2, 0.25) is 0 Å².